The molecule has 1 N–H and O–H groups in total. The summed E-state index contributed by atoms with van der Waals surface area (Å²) in [6, 6.07) is 4.88. The molecule has 0 bridgehead atoms. The average molecular weight is 445 g/mol. The predicted octanol–water partition coefficient (Wildman–Crippen LogP) is 3.21. The van der Waals surface area contributed by atoms with Crippen LogP contribution in [0.5, 0.6) is 0 Å². The van der Waals surface area contributed by atoms with Crippen LogP contribution in [0.2, 0.25) is 0 Å². The molecule has 13 heteroatoms. The molecule has 13 nitrogen and oxygen atoms in total. The van der Waals surface area contributed by atoms with E-state index in [9.17, 15) is 40.5 Å². The summed E-state index contributed by atoms with van der Waals surface area (Å²) >= 11 is 0. The molecule has 1 fully saturated rings. The van der Waals surface area contributed by atoms with Crippen LogP contribution in [0.15, 0.2) is 48.5 Å². The molecule has 0 amide bonds. The second-order valence-corrected chi connectivity index (χ2v) is 8.04. The first-order valence-electron chi connectivity index (χ1n) is 9.48. The monoisotopic (exact) mass is 445 g/mol. The molecule has 1 aliphatic rings. The van der Waals surface area contributed by atoms with Gasteiger partial charge in [-0.05, 0) is 13.8 Å². The zero-order chi connectivity index (χ0) is 23.8. The largest absolute Gasteiger partial charge is 0.291 e. The molecular formula is C19H19N5O8. The van der Waals surface area contributed by atoms with Crippen molar-refractivity contribution in [1.82, 2.24) is 5.32 Å². The van der Waals surface area contributed by atoms with Crippen molar-refractivity contribution in [2.24, 2.45) is 5.41 Å². The first-order chi connectivity index (χ1) is 15.0. The van der Waals surface area contributed by atoms with Gasteiger partial charge in [0.15, 0.2) is 0 Å². The summed E-state index contributed by atoms with van der Waals surface area (Å²) in [5.74, 6) is 0. The van der Waals surface area contributed by atoms with Gasteiger partial charge in [0, 0.05) is 22.0 Å². The van der Waals surface area contributed by atoms with Crippen molar-refractivity contribution in [2.45, 2.75) is 38.0 Å². The van der Waals surface area contributed by atoms with Gasteiger partial charge in [0.2, 0.25) is 12.1 Å². The minimum Gasteiger partial charge on any atom is -0.291 e. The van der Waals surface area contributed by atoms with E-state index in [2.05, 4.69) is 5.32 Å². The van der Waals surface area contributed by atoms with Crippen LogP contribution in [-0.2, 0) is 0 Å². The number of hydrogen-bond acceptors (Lipinski definition) is 9. The average Bonchev–Trinajstić information content (AvgIpc) is 2.71. The first kappa shape index (κ1) is 22.7. The van der Waals surface area contributed by atoms with Gasteiger partial charge in [-0.2, -0.15) is 0 Å². The molecule has 4 atom stereocenters. The van der Waals surface area contributed by atoms with E-state index in [1.54, 1.807) is 0 Å². The Morgan fingerprint density at radius 1 is 0.688 bits per heavy atom. The zero-order valence-corrected chi connectivity index (χ0v) is 17.0. The number of para-hydroxylation sites is 2. The molecule has 2 aromatic rings. The highest BCUT2D eigenvalue weighted by molar-refractivity contribution is 5.46. The minimum atomic E-state index is -1.64. The van der Waals surface area contributed by atoms with Gasteiger partial charge < -0.3 is 0 Å². The van der Waals surface area contributed by atoms with Gasteiger partial charge in [-0.25, -0.2) is 0 Å². The summed E-state index contributed by atoms with van der Waals surface area (Å²) in [5, 5.41) is 50.1. The number of nitrogens with one attached hydrogen (secondary N) is 1. The van der Waals surface area contributed by atoms with E-state index in [1.807, 2.05) is 0 Å². The van der Waals surface area contributed by atoms with Crippen LogP contribution in [0, 0.1) is 45.9 Å². The van der Waals surface area contributed by atoms with Gasteiger partial charge in [0.25, 0.3) is 11.4 Å². The Kier molecular flexibility index (Phi) is 5.86. The van der Waals surface area contributed by atoms with Gasteiger partial charge in [0.05, 0.1) is 21.0 Å². The Balaban J connectivity index is 2.29. The molecule has 3 rings (SSSR count). The maximum absolute atomic E-state index is 12.1. The third-order valence-electron chi connectivity index (χ3n) is 5.91. The van der Waals surface area contributed by atoms with E-state index >= 15 is 0 Å². The van der Waals surface area contributed by atoms with E-state index in [4.69, 9.17) is 0 Å². The summed E-state index contributed by atoms with van der Waals surface area (Å²) in [6.07, 6.45) is 0. The van der Waals surface area contributed by atoms with E-state index in [0.717, 1.165) is 0 Å². The van der Waals surface area contributed by atoms with Gasteiger partial charge in [0.1, 0.15) is 17.5 Å². The topological polar surface area (TPSA) is 185 Å². The minimum absolute atomic E-state index is 0.0299. The van der Waals surface area contributed by atoms with Crippen molar-refractivity contribution >= 4 is 11.4 Å². The molecule has 1 aliphatic heterocycles. The third-order valence-corrected chi connectivity index (χ3v) is 5.91. The third kappa shape index (κ3) is 3.73. The number of benzene rings is 2. The molecule has 0 unspecified atom stereocenters. The number of rotatable bonds is 6. The van der Waals surface area contributed by atoms with Crippen molar-refractivity contribution in [3.05, 3.63) is 100 Å². The molecule has 1 saturated heterocycles. The molecular weight excluding hydrogens is 426 g/mol. The number of hydrogen-bond donors (Lipinski definition) is 1. The Bertz CT molecular complexity index is 1020. The SMILES string of the molecule is CC1(C)[C@@H]([N+](=O)[O-])[C@H](c2ccccc2[N+](=O)[O-])N[C@@H](c2ccccc2[N+](=O)[O-])[C@H]1[N+](=O)[O-]. The standard InChI is InChI=1S/C19H19N5O8/c1-19(2)17(23(29)30)15(11-7-3-5-9-13(11)21(25)26)20-16(18(19)24(31)32)12-8-4-6-10-14(12)22(27)28/h3-10,15-18,20H,1-2H3/t15-,16-,17-,18+/m0/s1. The van der Waals surface area contributed by atoms with Crippen molar-refractivity contribution in [1.29, 1.82) is 0 Å². The second kappa shape index (κ2) is 8.26. The lowest BCUT2D eigenvalue weighted by molar-refractivity contribution is -0.605. The second-order valence-electron chi connectivity index (χ2n) is 8.04. The lowest BCUT2D eigenvalue weighted by Gasteiger charge is -2.44. The van der Waals surface area contributed by atoms with Crippen molar-refractivity contribution in [2.75, 3.05) is 0 Å². The normalized spacial score (nSPS) is 24.4. The lowest BCUT2D eigenvalue weighted by atomic mass is 9.66. The number of nitro groups is 4. The maximum atomic E-state index is 12.1. The van der Waals surface area contributed by atoms with E-state index < -0.39 is 60.7 Å². The van der Waals surface area contributed by atoms with Crippen LogP contribution in [0.4, 0.5) is 11.4 Å². The van der Waals surface area contributed by atoms with Gasteiger partial charge in [-0.3, -0.25) is 45.8 Å². The Morgan fingerprint density at radius 2 is 1.03 bits per heavy atom. The zero-order valence-electron chi connectivity index (χ0n) is 17.0. The fraction of sp³-hybridized carbons (Fsp3) is 0.368. The Morgan fingerprint density at radius 3 is 1.34 bits per heavy atom. The van der Waals surface area contributed by atoms with E-state index in [0.29, 0.717) is 0 Å². The van der Waals surface area contributed by atoms with Crippen molar-refractivity contribution < 1.29 is 19.7 Å². The van der Waals surface area contributed by atoms with Crippen molar-refractivity contribution in [3.8, 4) is 0 Å². The number of nitro benzene ring substituents is 2. The quantitative estimate of drug-likeness (QED) is 0.515. The fourth-order valence-corrected chi connectivity index (χ4v) is 4.55. The molecule has 0 spiro atoms. The van der Waals surface area contributed by atoms with Crippen LogP contribution in [0.25, 0.3) is 0 Å². The fourth-order valence-electron chi connectivity index (χ4n) is 4.55. The summed E-state index contributed by atoms with van der Waals surface area (Å²) in [4.78, 5) is 44.6. The molecule has 1 heterocycles. The Labute approximate surface area is 180 Å². The number of piperidine rings is 1. The molecule has 0 aliphatic carbocycles. The van der Waals surface area contributed by atoms with Gasteiger partial charge >= 0.3 is 0 Å². The van der Waals surface area contributed by atoms with Crippen LogP contribution in [-0.4, -0.2) is 31.8 Å². The molecule has 0 aromatic heterocycles. The number of nitrogens with zero attached hydrogens (tertiary/aromatic N) is 4. The van der Waals surface area contributed by atoms with Gasteiger partial charge in [-0.15, -0.1) is 0 Å². The molecule has 32 heavy (non-hydrogen) atoms. The first-order valence-corrected chi connectivity index (χ1v) is 9.48. The van der Waals surface area contributed by atoms with Crippen LogP contribution < -0.4 is 5.32 Å². The highest BCUT2D eigenvalue weighted by atomic mass is 16.6. The van der Waals surface area contributed by atoms with Crippen LogP contribution in [0.3, 0.4) is 0 Å². The highest BCUT2D eigenvalue weighted by Crippen LogP contribution is 2.49. The van der Waals surface area contributed by atoms with Crippen LogP contribution >= 0.6 is 0 Å². The van der Waals surface area contributed by atoms with Crippen LogP contribution in [0.1, 0.15) is 37.1 Å². The summed E-state index contributed by atoms with van der Waals surface area (Å²) in [5.41, 5.74) is -2.49. The predicted molar refractivity (Wildman–Crippen MR) is 110 cm³/mol. The molecule has 0 saturated carbocycles. The summed E-state index contributed by atoms with van der Waals surface area (Å²) < 4.78 is 0. The molecule has 168 valence electrons. The Hall–Kier alpha value is -4.00. The van der Waals surface area contributed by atoms with Crippen molar-refractivity contribution in [3.63, 3.8) is 0 Å². The highest BCUT2D eigenvalue weighted by Gasteiger charge is 2.64. The van der Waals surface area contributed by atoms with E-state index in [1.165, 1.54) is 62.4 Å². The van der Waals surface area contributed by atoms with E-state index in [-0.39, 0.29) is 11.1 Å². The summed E-state index contributed by atoms with van der Waals surface area (Å²) in [7, 11) is 0. The smallest absolute Gasteiger partial charge is 0.274 e. The maximum Gasteiger partial charge on any atom is 0.274 e. The molecule has 0 radical (unpaired) electrons. The summed E-state index contributed by atoms with van der Waals surface area (Å²) in [6.45, 7) is 2.66. The molecule has 2 aromatic carbocycles. The van der Waals surface area contributed by atoms with Gasteiger partial charge in [-0.1, -0.05) is 36.4 Å². The lowest BCUT2D eigenvalue weighted by Crippen LogP contribution is -2.63.